The third kappa shape index (κ3) is 5.40. The predicted octanol–water partition coefficient (Wildman–Crippen LogP) is 0.122. The molecule has 7 heteroatoms. The highest BCUT2D eigenvalue weighted by Gasteiger charge is 2.15. The molecule has 0 rings (SSSR count). The first kappa shape index (κ1) is 14.5. The summed E-state index contributed by atoms with van der Waals surface area (Å²) in [6, 6.07) is 0. The summed E-state index contributed by atoms with van der Waals surface area (Å²) in [6.45, 7) is 0. The van der Waals surface area contributed by atoms with Gasteiger partial charge in [0.25, 0.3) is 0 Å². The van der Waals surface area contributed by atoms with Crippen molar-refractivity contribution in [1.29, 1.82) is 0 Å². The number of carbonyl (C=O) groups is 3. The first-order valence-electron chi connectivity index (χ1n) is 4.12. The molecule has 0 radical (unpaired) electrons. The second kappa shape index (κ2) is 7.75. The lowest BCUT2D eigenvalue weighted by Gasteiger charge is -2.03. The maximum absolute atomic E-state index is 11.2. The fourth-order valence-corrected chi connectivity index (χ4v) is 1.39. The van der Waals surface area contributed by atoms with Gasteiger partial charge in [0.2, 0.25) is 0 Å². The Morgan fingerprint density at radius 2 is 1.69 bits per heavy atom. The molecular weight excluding hydrogens is 236 g/mol. The molecule has 0 aliphatic rings. The van der Waals surface area contributed by atoms with Crippen LogP contribution in [0.4, 0.5) is 0 Å². The van der Waals surface area contributed by atoms with Crippen molar-refractivity contribution in [2.75, 3.05) is 27.1 Å². The number of rotatable bonds is 5. The van der Waals surface area contributed by atoms with Gasteiger partial charge in [-0.15, -0.1) is 11.8 Å². The summed E-state index contributed by atoms with van der Waals surface area (Å²) in [7, 11) is 3.58. The molecule has 0 atom stereocenters. The molecule has 0 aromatic carbocycles. The third-order valence-electron chi connectivity index (χ3n) is 1.41. The van der Waals surface area contributed by atoms with Crippen LogP contribution >= 0.6 is 11.8 Å². The molecule has 0 spiro atoms. The van der Waals surface area contributed by atoms with Gasteiger partial charge in [0.05, 0.1) is 27.1 Å². The molecule has 0 fully saturated rings. The maximum atomic E-state index is 11.2. The summed E-state index contributed by atoms with van der Waals surface area (Å²) in [5.41, 5.74) is 0. The SMILES string of the molecule is COC(=O)/C=C(\SCC(=O)OC)C(=O)OC. The van der Waals surface area contributed by atoms with Crippen LogP contribution in [0, 0.1) is 0 Å². The largest absolute Gasteiger partial charge is 0.468 e. The van der Waals surface area contributed by atoms with Crippen LogP contribution < -0.4 is 0 Å². The minimum Gasteiger partial charge on any atom is -0.468 e. The lowest BCUT2D eigenvalue weighted by atomic mass is 10.5. The van der Waals surface area contributed by atoms with Gasteiger partial charge in [0.15, 0.2) is 0 Å². The highest BCUT2D eigenvalue weighted by molar-refractivity contribution is 8.04. The van der Waals surface area contributed by atoms with E-state index in [0.717, 1.165) is 17.8 Å². The molecule has 90 valence electrons. The van der Waals surface area contributed by atoms with Crippen molar-refractivity contribution in [2.45, 2.75) is 0 Å². The quantitative estimate of drug-likeness (QED) is 0.388. The highest BCUT2D eigenvalue weighted by Crippen LogP contribution is 2.17. The zero-order valence-electron chi connectivity index (χ0n) is 9.14. The van der Waals surface area contributed by atoms with Gasteiger partial charge in [-0.25, -0.2) is 9.59 Å². The standard InChI is InChI=1S/C9H12O6S/c1-13-7(10)4-6(9(12)15-3)16-5-8(11)14-2/h4H,5H2,1-3H3/b6-4-. The summed E-state index contributed by atoms with van der Waals surface area (Å²) in [6.07, 6.45) is 0.958. The van der Waals surface area contributed by atoms with E-state index in [-0.39, 0.29) is 10.7 Å². The van der Waals surface area contributed by atoms with Gasteiger partial charge in [-0.1, -0.05) is 0 Å². The van der Waals surface area contributed by atoms with Gasteiger partial charge < -0.3 is 14.2 Å². The number of esters is 3. The minimum absolute atomic E-state index is 0.0141. The Labute approximate surface area is 96.9 Å². The van der Waals surface area contributed by atoms with Crippen molar-refractivity contribution in [3.63, 3.8) is 0 Å². The molecule has 0 aromatic heterocycles. The third-order valence-corrected chi connectivity index (χ3v) is 2.39. The molecular formula is C9H12O6S. The molecule has 0 amide bonds. The van der Waals surface area contributed by atoms with Crippen molar-refractivity contribution in [3.8, 4) is 0 Å². The van der Waals surface area contributed by atoms with Gasteiger partial charge in [-0.3, -0.25) is 4.79 Å². The molecule has 0 bridgehead atoms. The molecule has 0 saturated carbocycles. The zero-order chi connectivity index (χ0) is 12.6. The van der Waals surface area contributed by atoms with Crippen molar-refractivity contribution in [2.24, 2.45) is 0 Å². The van der Waals surface area contributed by atoms with E-state index in [1.54, 1.807) is 0 Å². The average molecular weight is 248 g/mol. The molecule has 0 heterocycles. The smallest absolute Gasteiger partial charge is 0.344 e. The fourth-order valence-electron chi connectivity index (χ4n) is 0.622. The van der Waals surface area contributed by atoms with Gasteiger partial charge in [-0.05, 0) is 0 Å². The molecule has 6 nitrogen and oxygen atoms in total. The Balaban J connectivity index is 4.56. The molecule has 0 aliphatic heterocycles. The molecule has 0 saturated heterocycles. The Bertz CT molecular complexity index is 309. The summed E-state index contributed by atoms with van der Waals surface area (Å²) in [4.78, 5) is 32.9. The number of thioether (sulfide) groups is 1. The lowest BCUT2D eigenvalue weighted by Crippen LogP contribution is -2.09. The Hall–Kier alpha value is -1.50. The van der Waals surface area contributed by atoms with E-state index >= 15 is 0 Å². The number of methoxy groups -OCH3 is 3. The van der Waals surface area contributed by atoms with Crippen LogP contribution in [0.15, 0.2) is 11.0 Å². The van der Waals surface area contributed by atoms with Crippen LogP contribution in [0.2, 0.25) is 0 Å². The van der Waals surface area contributed by atoms with E-state index in [2.05, 4.69) is 14.2 Å². The van der Waals surface area contributed by atoms with Crippen LogP contribution in [-0.2, 0) is 28.6 Å². The van der Waals surface area contributed by atoms with E-state index in [4.69, 9.17) is 0 Å². The molecule has 16 heavy (non-hydrogen) atoms. The summed E-state index contributed by atoms with van der Waals surface area (Å²) >= 11 is 0.842. The number of hydrogen-bond acceptors (Lipinski definition) is 7. The van der Waals surface area contributed by atoms with Crippen LogP contribution in [-0.4, -0.2) is 45.0 Å². The van der Waals surface area contributed by atoms with Crippen molar-refractivity contribution < 1.29 is 28.6 Å². The first-order chi connectivity index (χ1) is 7.54. The summed E-state index contributed by atoms with van der Waals surface area (Å²) < 4.78 is 13.2. The normalized spacial score (nSPS) is 10.6. The average Bonchev–Trinajstić information content (AvgIpc) is 2.32. The van der Waals surface area contributed by atoms with Crippen molar-refractivity contribution in [3.05, 3.63) is 11.0 Å². The van der Waals surface area contributed by atoms with Crippen molar-refractivity contribution >= 4 is 29.7 Å². The first-order valence-corrected chi connectivity index (χ1v) is 5.11. The highest BCUT2D eigenvalue weighted by atomic mass is 32.2. The van der Waals surface area contributed by atoms with E-state index in [9.17, 15) is 14.4 Å². The van der Waals surface area contributed by atoms with E-state index in [1.165, 1.54) is 21.3 Å². The van der Waals surface area contributed by atoms with Crippen LogP contribution in [0.25, 0.3) is 0 Å². The van der Waals surface area contributed by atoms with Gasteiger partial charge in [0, 0.05) is 6.08 Å². The van der Waals surface area contributed by atoms with E-state index in [1.807, 2.05) is 0 Å². The minimum atomic E-state index is -0.709. The maximum Gasteiger partial charge on any atom is 0.344 e. The predicted molar refractivity (Wildman–Crippen MR) is 56.6 cm³/mol. The van der Waals surface area contributed by atoms with Crippen LogP contribution in [0.5, 0.6) is 0 Å². The molecule has 0 unspecified atom stereocenters. The molecule has 0 aromatic rings. The second-order valence-electron chi connectivity index (χ2n) is 2.39. The Kier molecular flexibility index (Phi) is 7.02. The monoisotopic (exact) mass is 248 g/mol. The van der Waals surface area contributed by atoms with Gasteiger partial charge >= 0.3 is 17.9 Å². The Morgan fingerprint density at radius 1 is 1.06 bits per heavy atom. The van der Waals surface area contributed by atoms with Gasteiger partial charge in [0.1, 0.15) is 4.91 Å². The van der Waals surface area contributed by atoms with E-state index < -0.39 is 17.9 Å². The number of hydrogen-bond donors (Lipinski definition) is 0. The summed E-state index contributed by atoms with van der Waals surface area (Å²) in [5.74, 6) is -2.00. The Morgan fingerprint density at radius 3 is 2.12 bits per heavy atom. The van der Waals surface area contributed by atoms with Crippen LogP contribution in [0.1, 0.15) is 0 Å². The van der Waals surface area contributed by atoms with Crippen molar-refractivity contribution in [1.82, 2.24) is 0 Å². The van der Waals surface area contributed by atoms with E-state index in [0.29, 0.717) is 0 Å². The molecule has 0 aliphatic carbocycles. The fraction of sp³-hybridized carbons (Fsp3) is 0.444. The lowest BCUT2D eigenvalue weighted by molar-refractivity contribution is -0.138. The zero-order valence-corrected chi connectivity index (χ0v) is 9.96. The second-order valence-corrected chi connectivity index (χ2v) is 3.41. The molecule has 0 N–H and O–H groups in total. The number of carbonyl (C=O) groups excluding carboxylic acids is 3. The van der Waals surface area contributed by atoms with Crippen LogP contribution in [0.3, 0.4) is 0 Å². The topological polar surface area (TPSA) is 78.9 Å². The number of ether oxygens (including phenoxy) is 3. The summed E-state index contributed by atoms with van der Waals surface area (Å²) in [5, 5.41) is 0. The van der Waals surface area contributed by atoms with Gasteiger partial charge in [-0.2, -0.15) is 0 Å².